The fourth-order valence-corrected chi connectivity index (χ4v) is 1.19. The molecular formula is C7H15NO. The highest BCUT2D eigenvalue weighted by Crippen LogP contribution is 2.20. The molecular weight excluding hydrogens is 114 g/mol. The van der Waals surface area contributed by atoms with E-state index in [9.17, 15) is 0 Å². The van der Waals surface area contributed by atoms with Gasteiger partial charge in [0.2, 0.25) is 0 Å². The van der Waals surface area contributed by atoms with Crippen molar-refractivity contribution in [1.29, 1.82) is 0 Å². The number of hydrogen-bond acceptors (Lipinski definition) is 2. The molecule has 0 saturated carbocycles. The van der Waals surface area contributed by atoms with Gasteiger partial charge in [-0.05, 0) is 24.8 Å². The van der Waals surface area contributed by atoms with Crippen molar-refractivity contribution in [2.75, 3.05) is 19.8 Å². The SMILES string of the molecule is C[C@H](CN)C1CCOC1. The van der Waals surface area contributed by atoms with Gasteiger partial charge in [-0.1, -0.05) is 6.92 Å². The zero-order valence-corrected chi connectivity index (χ0v) is 5.97. The summed E-state index contributed by atoms with van der Waals surface area (Å²) in [5.74, 6) is 1.38. The van der Waals surface area contributed by atoms with Crippen LogP contribution in [0.1, 0.15) is 13.3 Å². The number of nitrogens with two attached hydrogens (primary N) is 1. The minimum Gasteiger partial charge on any atom is -0.381 e. The summed E-state index contributed by atoms with van der Waals surface area (Å²) in [6.07, 6.45) is 1.21. The third-order valence-corrected chi connectivity index (χ3v) is 2.14. The maximum Gasteiger partial charge on any atom is 0.0498 e. The number of hydrogen-bond donors (Lipinski definition) is 1. The molecule has 0 aromatic carbocycles. The second-order valence-electron chi connectivity index (χ2n) is 2.84. The predicted octanol–water partition coefficient (Wildman–Crippen LogP) is 0.618. The minimum atomic E-state index is 0.646. The van der Waals surface area contributed by atoms with Gasteiger partial charge in [0.1, 0.15) is 0 Å². The van der Waals surface area contributed by atoms with Gasteiger partial charge in [0.15, 0.2) is 0 Å². The van der Waals surface area contributed by atoms with Gasteiger partial charge in [0.05, 0.1) is 0 Å². The van der Waals surface area contributed by atoms with Crippen LogP contribution >= 0.6 is 0 Å². The zero-order valence-electron chi connectivity index (χ0n) is 5.97. The second-order valence-corrected chi connectivity index (χ2v) is 2.84. The van der Waals surface area contributed by atoms with Crippen molar-refractivity contribution in [2.45, 2.75) is 13.3 Å². The Balaban J connectivity index is 2.24. The normalized spacial score (nSPS) is 30.7. The predicted molar refractivity (Wildman–Crippen MR) is 37.1 cm³/mol. The first kappa shape index (κ1) is 7.03. The molecule has 0 radical (unpaired) electrons. The summed E-state index contributed by atoms with van der Waals surface area (Å²) < 4.78 is 5.22. The Morgan fingerprint density at radius 2 is 2.56 bits per heavy atom. The van der Waals surface area contributed by atoms with E-state index in [0.29, 0.717) is 5.92 Å². The van der Waals surface area contributed by atoms with Crippen LogP contribution in [0.3, 0.4) is 0 Å². The lowest BCUT2D eigenvalue weighted by molar-refractivity contribution is 0.175. The van der Waals surface area contributed by atoms with Crippen molar-refractivity contribution in [1.82, 2.24) is 0 Å². The molecule has 0 amide bonds. The van der Waals surface area contributed by atoms with Gasteiger partial charge < -0.3 is 10.5 Å². The van der Waals surface area contributed by atoms with Gasteiger partial charge in [-0.2, -0.15) is 0 Å². The average molecular weight is 129 g/mol. The van der Waals surface area contributed by atoms with E-state index in [4.69, 9.17) is 10.5 Å². The van der Waals surface area contributed by atoms with E-state index < -0.39 is 0 Å². The molecule has 2 heteroatoms. The second kappa shape index (κ2) is 3.18. The van der Waals surface area contributed by atoms with Gasteiger partial charge in [-0.3, -0.25) is 0 Å². The minimum absolute atomic E-state index is 0.646. The maximum atomic E-state index is 5.50. The van der Waals surface area contributed by atoms with Gasteiger partial charge in [-0.25, -0.2) is 0 Å². The van der Waals surface area contributed by atoms with Crippen molar-refractivity contribution >= 4 is 0 Å². The van der Waals surface area contributed by atoms with Crippen molar-refractivity contribution in [3.8, 4) is 0 Å². The monoisotopic (exact) mass is 129 g/mol. The van der Waals surface area contributed by atoms with Gasteiger partial charge >= 0.3 is 0 Å². The fraction of sp³-hybridized carbons (Fsp3) is 1.00. The van der Waals surface area contributed by atoms with Crippen LogP contribution in [0.15, 0.2) is 0 Å². The summed E-state index contributed by atoms with van der Waals surface area (Å²) in [5, 5.41) is 0. The summed E-state index contributed by atoms with van der Waals surface area (Å²) in [7, 11) is 0. The van der Waals surface area contributed by atoms with E-state index >= 15 is 0 Å². The molecule has 2 atom stereocenters. The van der Waals surface area contributed by atoms with E-state index in [1.165, 1.54) is 6.42 Å². The summed E-state index contributed by atoms with van der Waals surface area (Å²) >= 11 is 0. The molecule has 1 rings (SSSR count). The van der Waals surface area contributed by atoms with Gasteiger partial charge in [-0.15, -0.1) is 0 Å². The first-order valence-corrected chi connectivity index (χ1v) is 3.62. The van der Waals surface area contributed by atoms with Crippen molar-refractivity contribution < 1.29 is 4.74 Å². The lowest BCUT2D eigenvalue weighted by Gasteiger charge is -2.13. The van der Waals surface area contributed by atoms with Crippen LogP contribution in [-0.2, 0) is 4.74 Å². The van der Waals surface area contributed by atoms with Gasteiger partial charge in [0, 0.05) is 13.2 Å². The summed E-state index contributed by atoms with van der Waals surface area (Å²) in [4.78, 5) is 0. The molecule has 0 bridgehead atoms. The highest BCUT2D eigenvalue weighted by molar-refractivity contribution is 4.70. The molecule has 0 aromatic heterocycles. The lowest BCUT2D eigenvalue weighted by Crippen LogP contribution is -2.20. The maximum absolute atomic E-state index is 5.50. The van der Waals surface area contributed by atoms with Gasteiger partial charge in [0.25, 0.3) is 0 Å². The van der Waals surface area contributed by atoms with E-state index in [2.05, 4.69) is 6.92 Å². The highest BCUT2D eigenvalue weighted by atomic mass is 16.5. The molecule has 0 spiro atoms. The summed E-state index contributed by atoms with van der Waals surface area (Å²) in [6.45, 7) is 4.86. The largest absolute Gasteiger partial charge is 0.381 e. The lowest BCUT2D eigenvalue weighted by atomic mass is 9.94. The van der Waals surface area contributed by atoms with Crippen LogP contribution < -0.4 is 5.73 Å². The molecule has 54 valence electrons. The van der Waals surface area contributed by atoms with E-state index in [0.717, 1.165) is 25.7 Å². The van der Waals surface area contributed by atoms with Crippen LogP contribution in [0.4, 0.5) is 0 Å². The van der Waals surface area contributed by atoms with Crippen LogP contribution in [0.25, 0.3) is 0 Å². The smallest absolute Gasteiger partial charge is 0.0498 e. The Morgan fingerprint density at radius 3 is 3.00 bits per heavy atom. The Bertz CT molecular complexity index is 79.0. The molecule has 1 saturated heterocycles. The van der Waals surface area contributed by atoms with E-state index in [1.54, 1.807) is 0 Å². The summed E-state index contributed by atoms with van der Waals surface area (Å²) in [5.41, 5.74) is 5.50. The zero-order chi connectivity index (χ0) is 6.69. The summed E-state index contributed by atoms with van der Waals surface area (Å²) in [6, 6.07) is 0. The average Bonchev–Trinajstić information content (AvgIpc) is 2.37. The van der Waals surface area contributed by atoms with E-state index in [-0.39, 0.29) is 0 Å². The molecule has 9 heavy (non-hydrogen) atoms. The van der Waals surface area contributed by atoms with Crippen molar-refractivity contribution in [3.63, 3.8) is 0 Å². The van der Waals surface area contributed by atoms with Crippen molar-refractivity contribution in [2.24, 2.45) is 17.6 Å². The molecule has 1 aliphatic rings. The Morgan fingerprint density at radius 1 is 1.78 bits per heavy atom. The third kappa shape index (κ3) is 1.66. The van der Waals surface area contributed by atoms with Crippen LogP contribution in [-0.4, -0.2) is 19.8 Å². The Hall–Kier alpha value is -0.0800. The standard InChI is InChI=1S/C7H15NO/c1-6(4-8)7-2-3-9-5-7/h6-7H,2-5,8H2,1H3/t6-,7?/m1/s1. The topological polar surface area (TPSA) is 35.2 Å². The molecule has 0 aromatic rings. The molecule has 0 aliphatic carbocycles. The van der Waals surface area contributed by atoms with E-state index in [1.807, 2.05) is 0 Å². The van der Waals surface area contributed by atoms with Crippen LogP contribution in [0.5, 0.6) is 0 Å². The fourth-order valence-electron chi connectivity index (χ4n) is 1.19. The highest BCUT2D eigenvalue weighted by Gasteiger charge is 2.20. The number of ether oxygens (including phenoxy) is 1. The van der Waals surface area contributed by atoms with Crippen molar-refractivity contribution in [3.05, 3.63) is 0 Å². The molecule has 1 aliphatic heterocycles. The molecule has 1 heterocycles. The first-order valence-electron chi connectivity index (χ1n) is 3.62. The molecule has 1 unspecified atom stereocenters. The van der Waals surface area contributed by atoms with Crippen LogP contribution in [0, 0.1) is 11.8 Å². The third-order valence-electron chi connectivity index (χ3n) is 2.14. The molecule has 2 nitrogen and oxygen atoms in total. The van der Waals surface area contributed by atoms with Crippen LogP contribution in [0.2, 0.25) is 0 Å². The molecule has 1 fully saturated rings. The number of rotatable bonds is 2. The quantitative estimate of drug-likeness (QED) is 0.593. The first-order chi connectivity index (χ1) is 4.34. The molecule has 2 N–H and O–H groups in total. The Labute approximate surface area is 56.4 Å². The Kier molecular flexibility index (Phi) is 2.49.